The molecule has 0 radical (unpaired) electrons. The predicted octanol–water partition coefficient (Wildman–Crippen LogP) is 5.05. The molecule has 0 aromatic heterocycles. The number of nitrogens with zero attached hydrogens (tertiary/aromatic N) is 1. The lowest BCUT2D eigenvalue weighted by molar-refractivity contribution is -0.116. The van der Waals surface area contributed by atoms with Gasteiger partial charge in [-0.3, -0.25) is 4.79 Å². The Bertz CT molecular complexity index is 1240. The molecule has 4 rings (SSSR count). The summed E-state index contributed by atoms with van der Waals surface area (Å²) >= 11 is 0. The number of hydrogen-bond acceptors (Lipinski definition) is 5. The minimum absolute atomic E-state index is 0.109. The van der Waals surface area contributed by atoms with Crippen molar-refractivity contribution in [1.29, 1.82) is 0 Å². The summed E-state index contributed by atoms with van der Waals surface area (Å²) < 4.78 is 34.3. The van der Waals surface area contributed by atoms with Gasteiger partial charge in [0, 0.05) is 18.5 Å². The van der Waals surface area contributed by atoms with Crippen LogP contribution in [-0.4, -0.2) is 20.2 Å². The molecule has 0 saturated heterocycles. The number of anilines is 2. The summed E-state index contributed by atoms with van der Waals surface area (Å²) in [5.74, 6) is 1.48. The van der Waals surface area contributed by atoms with E-state index in [1.807, 2.05) is 37.3 Å². The number of nitrogens with one attached hydrogen (secondary N) is 2. The van der Waals surface area contributed by atoms with Gasteiger partial charge in [-0.1, -0.05) is 37.3 Å². The van der Waals surface area contributed by atoms with E-state index in [0.717, 1.165) is 5.75 Å². The molecular weight excluding hydrogens is 426 g/mol. The molecule has 7 nitrogen and oxygen atoms in total. The quantitative estimate of drug-likeness (QED) is 0.526. The van der Waals surface area contributed by atoms with Gasteiger partial charge in [0.15, 0.2) is 0 Å². The van der Waals surface area contributed by atoms with Crippen LogP contribution in [0.3, 0.4) is 0 Å². The number of para-hydroxylation sites is 2. The van der Waals surface area contributed by atoms with Gasteiger partial charge in [0.05, 0.1) is 5.69 Å². The van der Waals surface area contributed by atoms with Crippen molar-refractivity contribution in [3.8, 4) is 11.5 Å². The number of ether oxygens (including phenoxy) is 1. The van der Waals surface area contributed by atoms with Crippen LogP contribution < -0.4 is 15.4 Å². The van der Waals surface area contributed by atoms with Gasteiger partial charge >= 0.3 is 0 Å². The van der Waals surface area contributed by atoms with Crippen molar-refractivity contribution >= 4 is 33.1 Å². The summed E-state index contributed by atoms with van der Waals surface area (Å²) in [6.07, 6.45) is 0.565. The second-order valence-electron chi connectivity index (χ2n) is 7.64. The van der Waals surface area contributed by atoms with Crippen LogP contribution in [0, 0.1) is 5.92 Å². The molecule has 3 aromatic rings. The average molecular weight is 450 g/mol. The molecule has 0 fully saturated rings. The first-order valence-corrected chi connectivity index (χ1v) is 11.7. The summed E-state index contributed by atoms with van der Waals surface area (Å²) in [4.78, 5) is 12.6. The molecule has 1 atom stereocenters. The summed E-state index contributed by atoms with van der Waals surface area (Å²) in [7, 11) is -3.73. The molecule has 164 valence electrons. The van der Waals surface area contributed by atoms with Crippen LogP contribution in [0.15, 0.2) is 88.2 Å². The molecule has 2 N–H and O–H groups in total. The smallest absolute Gasteiger partial charge is 0.286 e. The molecule has 0 bridgehead atoms. The van der Waals surface area contributed by atoms with Gasteiger partial charge in [-0.25, -0.2) is 0 Å². The van der Waals surface area contributed by atoms with Crippen LogP contribution in [0.1, 0.15) is 19.8 Å². The Morgan fingerprint density at radius 2 is 1.62 bits per heavy atom. The third-order valence-electron chi connectivity index (χ3n) is 4.87. The third kappa shape index (κ3) is 5.33. The van der Waals surface area contributed by atoms with E-state index in [1.54, 1.807) is 42.5 Å². The zero-order valence-corrected chi connectivity index (χ0v) is 18.3. The van der Waals surface area contributed by atoms with Crippen molar-refractivity contribution in [2.24, 2.45) is 10.3 Å². The van der Waals surface area contributed by atoms with Crippen molar-refractivity contribution in [2.75, 3.05) is 10.6 Å². The minimum Gasteiger partial charge on any atom is -0.457 e. The van der Waals surface area contributed by atoms with E-state index in [2.05, 4.69) is 15.0 Å². The SMILES string of the molecule is C[C@@H](CC(=O)Nc1ccc(Oc2ccccc2)cc1)CC1=NS(=O)(=O)c2ccccc2N1. The first kappa shape index (κ1) is 21.6. The highest BCUT2D eigenvalue weighted by Gasteiger charge is 2.25. The maximum Gasteiger partial charge on any atom is 0.286 e. The molecule has 0 unspecified atom stereocenters. The lowest BCUT2D eigenvalue weighted by Gasteiger charge is -2.20. The van der Waals surface area contributed by atoms with Gasteiger partial charge in [-0.15, -0.1) is 4.40 Å². The van der Waals surface area contributed by atoms with Crippen LogP contribution >= 0.6 is 0 Å². The number of carbonyl (C=O) groups is 1. The zero-order valence-electron chi connectivity index (χ0n) is 17.5. The number of hydrogen-bond donors (Lipinski definition) is 2. The number of benzene rings is 3. The number of fused-ring (bicyclic) bond motifs is 1. The van der Waals surface area contributed by atoms with E-state index in [9.17, 15) is 13.2 Å². The highest BCUT2D eigenvalue weighted by Crippen LogP contribution is 2.28. The number of amidine groups is 1. The first-order valence-electron chi connectivity index (χ1n) is 10.2. The van der Waals surface area contributed by atoms with Crippen LogP contribution in [0.5, 0.6) is 11.5 Å². The van der Waals surface area contributed by atoms with E-state index in [1.165, 1.54) is 6.07 Å². The molecule has 0 spiro atoms. The molecule has 8 heteroatoms. The molecule has 32 heavy (non-hydrogen) atoms. The molecular formula is C24H23N3O4S. The highest BCUT2D eigenvalue weighted by molar-refractivity contribution is 7.90. The average Bonchev–Trinajstić information content (AvgIpc) is 2.75. The van der Waals surface area contributed by atoms with Gasteiger partial charge in [0.1, 0.15) is 22.2 Å². The van der Waals surface area contributed by atoms with E-state index < -0.39 is 10.0 Å². The van der Waals surface area contributed by atoms with Gasteiger partial charge in [-0.05, 0) is 54.4 Å². The van der Waals surface area contributed by atoms with Crippen LogP contribution in [0.4, 0.5) is 11.4 Å². The van der Waals surface area contributed by atoms with Gasteiger partial charge in [0.2, 0.25) is 5.91 Å². The monoisotopic (exact) mass is 449 g/mol. The highest BCUT2D eigenvalue weighted by atomic mass is 32.2. The fourth-order valence-corrected chi connectivity index (χ4v) is 4.57. The molecule has 1 heterocycles. The zero-order chi connectivity index (χ0) is 22.6. The normalized spacial score (nSPS) is 15.0. The van der Waals surface area contributed by atoms with Crippen molar-refractivity contribution in [3.63, 3.8) is 0 Å². The summed E-state index contributed by atoms with van der Waals surface area (Å²) in [6.45, 7) is 1.88. The van der Waals surface area contributed by atoms with E-state index in [0.29, 0.717) is 29.4 Å². The number of carbonyl (C=O) groups excluding carboxylic acids is 1. The van der Waals surface area contributed by atoms with Crippen molar-refractivity contribution in [1.82, 2.24) is 0 Å². The summed E-state index contributed by atoms with van der Waals surface area (Å²) in [5.41, 5.74) is 1.17. The van der Waals surface area contributed by atoms with Gasteiger partial charge < -0.3 is 15.4 Å². The van der Waals surface area contributed by atoms with Gasteiger partial charge in [0.25, 0.3) is 10.0 Å². The topological polar surface area (TPSA) is 96.9 Å². The molecule has 0 aliphatic carbocycles. The lowest BCUT2D eigenvalue weighted by Crippen LogP contribution is -2.25. The molecule has 3 aromatic carbocycles. The first-order chi connectivity index (χ1) is 15.4. The molecule has 1 aliphatic rings. The van der Waals surface area contributed by atoms with Crippen LogP contribution in [0.25, 0.3) is 0 Å². The summed E-state index contributed by atoms with van der Waals surface area (Å²) in [5, 5.41) is 5.92. The fourth-order valence-electron chi connectivity index (χ4n) is 3.42. The Morgan fingerprint density at radius 1 is 0.969 bits per heavy atom. The predicted molar refractivity (Wildman–Crippen MR) is 125 cm³/mol. The van der Waals surface area contributed by atoms with E-state index in [-0.39, 0.29) is 23.1 Å². The standard InChI is InChI=1S/C24H23N3O4S/c1-17(15-23-26-21-9-5-6-10-22(21)32(29,30)27-23)16-24(28)25-18-11-13-20(14-12-18)31-19-7-3-2-4-8-19/h2-14,17H,15-16H2,1H3,(H,25,28)(H,26,27)/t17-/m1/s1. The largest absolute Gasteiger partial charge is 0.457 e. The minimum atomic E-state index is -3.73. The van der Waals surface area contributed by atoms with E-state index in [4.69, 9.17) is 4.74 Å². The van der Waals surface area contributed by atoms with E-state index >= 15 is 0 Å². The fraction of sp³-hybridized carbons (Fsp3) is 0.167. The van der Waals surface area contributed by atoms with Crippen LogP contribution in [0.2, 0.25) is 0 Å². The second kappa shape index (κ2) is 9.23. The maximum atomic E-state index is 12.4. The number of amides is 1. The summed E-state index contributed by atoms with van der Waals surface area (Å²) in [6, 6.07) is 23.2. The van der Waals surface area contributed by atoms with Gasteiger partial charge in [-0.2, -0.15) is 8.42 Å². The van der Waals surface area contributed by atoms with Crippen molar-refractivity contribution in [2.45, 2.75) is 24.7 Å². The Balaban J connectivity index is 1.31. The van der Waals surface area contributed by atoms with Crippen LogP contribution in [-0.2, 0) is 14.8 Å². The lowest BCUT2D eigenvalue weighted by atomic mass is 10.0. The Labute approximate surface area is 187 Å². The number of sulfonamides is 1. The molecule has 1 amide bonds. The maximum absolute atomic E-state index is 12.4. The molecule has 0 saturated carbocycles. The van der Waals surface area contributed by atoms with Crippen molar-refractivity contribution < 1.29 is 17.9 Å². The Kier molecular flexibility index (Phi) is 6.23. The second-order valence-corrected chi connectivity index (χ2v) is 9.21. The third-order valence-corrected chi connectivity index (χ3v) is 6.24. The van der Waals surface area contributed by atoms with Crippen molar-refractivity contribution in [3.05, 3.63) is 78.9 Å². The Morgan fingerprint density at radius 3 is 2.38 bits per heavy atom. The Hall–Kier alpha value is -3.65. The molecule has 1 aliphatic heterocycles. The number of rotatable bonds is 7.